The lowest BCUT2D eigenvalue weighted by molar-refractivity contribution is -0.144. The average Bonchev–Trinajstić information content (AvgIpc) is 2.62. The van der Waals surface area contributed by atoms with E-state index in [4.69, 9.17) is 11.6 Å². The second kappa shape index (κ2) is 6.88. The van der Waals surface area contributed by atoms with Gasteiger partial charge in [-0.15, -0.1) is 0 Å². The van der Waals surface area contributed by atoms with Crippen LogP contribution in [0.15, 0.2) is 18.2 Å². The molecular weight excluding hydrogens is 386 g/mol. The summed E-state index contributed by atoms with van der Waals surface area (Å²) in [4.78, 5) is 8.88. The van der Waals surface area contributed by atoms with E-state index in [0.717, 1.165) is 37.8 Å². The van der Waals surface area contributed by atoms with Crippen LogP contribution in [0.1, 0.15) is 23.0 Å². The second-order valence-electron chi connectivity index (χ2n) is 6.52. The number of nitrogens with zero attached hydrogens (tertiary/aromatic N) is 3. The second-order valence-corrected chi connectivity index (χ2v) is 6.91. The number of fused-ring (bicyclic) bond motifs is 3. The van der Waals surface area contributed by atoms with Gasteiger partial charge in [-0.05, 0) is 23.6 Å². The first-order chi connectivity index (χ1) is 12.8. The molecule has 1 aromatic heterocycles. The van der Waals surface area contributed by atoms with Crippen LogP contribution in [0, 0.1) is 5.82 Å². The Kier molecular flexibility index (Phi) is 4.69. The predicted octanol–water partition coefficient (Wildman–Crippen LogP) is 3.53. The average molecular weight is 402 g/mol. The molecule has 2 N–H and O–H groups in total. The molecule has 10 heteroatoms. The minimum atomic E-state index is -4.74. The number of hydrogen-bond acceptors (Lipinski definition) is 5. The highest BCUT2D eigenvalue weighted by Crippen LogP contribution is 2.36. The van der Waals surface area contributed by atoms with Crippen LogP contribution in [0.5, 0.6) is 0 Å². The van der Waals surface area contributed by atoms with Crippen LogP contribution in [0.2, 0.25) is 5.15 Å². The Bertz CT molecular complexity index is 873. The number of rotatable bonds is 2. The summed E-state index contributed by atoms with van der Waals surface area (Å²) in [5.74, 6) is -2.06. The maximum Gasteiger partial charge on any atom is 0.451 e. The fourth-order valence-electron chi connectivity index (χ4n) is 3.62. The number of hydrogen-bond donors (Lipinski definition) is 2. The Morgan fingerprint density at radius 3 is 2.81 bits per heavy atom. The SMILES string of the molecule is Fc1c(Nc2cc(Cl)nc(C(F)(F)F)n2)ccc2c1CCN1CCNC[C@H]21. The van der Waals surface area contributed by atoms with E-state index >= 15 is 4.39 Å². The molecule has 1 aromatic carbocycles. The molecule has 2 aromatic rings. The zero-order chi connectivity index (χ0) is 19.2. The number of benzene rings is 1. The molecule has 0 unspecified atom stereocenters. The number of aromatic nitrogens is 2. The summed E-state index contributed by atoms with van der Waals surface area (Å²) in [7, 11) is 0. The maximum absolute atomic E-state index is 15.0. The van der Waals surface area contributed by atoms with Crippen molar-refractivity contribution in [2.45, 2.75) is 18.6 Å². The molecule has 144 valence electrons. The van der Waals surface area contributed by atoms with E-state index in [1.54, 1.807) is 0 Å². The lowest BCUT2D eigenvalue weighted by Crippen LogP contribution is -2.49. The van der Waals surface area contributed by atoms with Gasteiger partial charge in [0.05, 0.1) is 5.69 Å². The molecule has 0 saturated carbocycles. The molecule has 27 heavy (non-hydrogen) atoms. The van der Waals surface area contributed by atoms with Crippen molar-refractivity contribution in [3.8, 4) is 0 Å². The van der Waals surface area contributed by atoms with Gasteiger partial charge in [0.15, 0.2) is 0 Å². The molecule has 1 fully saturated rings. The molecule has 0 radical (unpaired) electrons. The van der Waals surface area contributed by atoms with Crippen molar-refractivity contribution in [1.29, 1.82) is 0 Å². The monoisotopic (exact) mass is 401 g/mol. The lowest BCUT2D eigenvalue weighted by atomic mass is 9.90. The first-order valence-electron chi connectivity index (χ1n) is 8.48. The third-order valence-corrected chi connectivity index (χ3v) is 5.05. The van der Waals surface area contributed by atoms with Gasteiger partial charge in [-0.25, -0.2) is 14.4 Å². The number of anilines is 2. The maximum atomic E-state index is 15.0. The van der Waals surface area contributed by atoms with E-state index in [9.17, 15) is 13.2 Å². The Balaban J connectivity index is 1.66. The molecule has 0 bridgehead atoms. The fraction of sp³-hybridized carbons (Fsp3) is 0.412. The highest BCUT2D eigenvalue weighted by molar-refractivity contribution is 6.29. The molecular formula is C17H16ClF4N5. The van der Waals surface area contributed by atoms with Crippen molar-refractivity contribution in [3.05, 3.63) is 46.1 Å². The lowest BCUT2D eigenvalue weighted by Gasteiger charge is -2.41. The molecule has 3 heterocycles. The number of halogens is 5. The summed E-state index contributed by atoms with van der Waals surface area (Å²) in [6.07, 6.45) is -4.20. The number of piperazine rings is 1. The van der Waals surface area contributed by atoms with Crippen molar-refractivity contribution in [2.24, 2.45) is 0 Å². The van der Waals surface area contributed by atoms with Crippen LogP contribution >= 0.6 is 11.6 Å². The van der Waals surface area contributed by atoms with Crippen LogP contribution < -0.4 is 10.6 Å². The van der Waals surface area contributed by atoms with E-state index in [2.05, 4.69) is 25.5 Å². The van der Waals surface area contributed by atoms with Gasteiger partial charge in [0.25, 0.3) is 0 Å². The smallest absolute Gasteiger partial charge is 0.338 e. The summed E-state index contributed by atoms with van der Waals surface area (Å²) >= 11 is 5.66. The first-order valence-corrected chi connectivity index (χ1v) is 8.85. The summed E-state index contributed by atoms with van der Waals surface area (Å²) in [5, 5.41) is 5.54. The minimum absolute atomic E-state index is 0.0638. The van der Waals surface area contributed by atoms with Crippen LogP contribution in [0.25, 0.3) is 0 Å². The number of alkyl halides is 3. The molecule has 2 aliphatic rings. The van der Waals surface area contributed by atoms with Crippen LogP contribution in [-0.4, -0.2) is 41.0 Å². The zero-order valence-electron chi connectivity index (χ0n) is 14.1. The van der Waals surface area contributed by atoms with Gasteiger partial charge < -0.3 is 10.6 Å². The standard InChI is InChI=1S/C17H16ClF4N5/c18-13-7-14(26-16(25-13)17(20,21)22)24-11-2-1-9-10(15(11)19)3-5-27-6-4-23-8-12(9)27/h1-2,7,12,23H,3-6,8H2,(H,24,25,26)/t12-/m1/s1. The van der Waals surface area contributed by atoms with Crippen molar-refractivity contribution >= 4 is 23.1 Å². The molecule has 0 aliphatic carbocycles. The van der Waals surface area contributed by atoms with Gasteiger partial charge in [-0.3, -0.25) is 4.90 Å². The third kappa shape index (κ3) is 3.59. The molecule has 2 aliphatic heterocycles. The molecule has 4 rings (SSSR count). The largest absolute Gasteiger partial charge is 0.451 e. The molecule has 1 saturated heterocycles. The zero-order valence-corrected chi connectivity index (χ0v) is 14.8. The van der Waals surface area contributed by atoms with Gasteiger partial charge in [0, 0.05) is 38.3 Å². The summed E-state index contributed by atoms with van der Waals surface area (Å²) in [5.41, 5.74) is 1.56. The van der Waals surface area contributed by atoms with Crippen LogP contribution in [0.3, 0.4) is 0 Å². The fourth-order valence-corrected chi connectivity index (χ4v) is 3.80. The van der Waals surface area contributed by atoms with Crippen molar-refractivity contribution in [2.75, 3.05) is 31.5 Å². The number of nitrogens with one attached hydrogen (secondary N) is 2. The van der Waals surface area contributed by atoms with Crippen LogP contribution in [0.4, 0.5) is 29.1 Å². The molecule has 0 amide bonds. The Labute approximate surface area is 157 Å². The van der Waals surface area contributed by atoms with Gasteiger partial charge in [0.1, 0.15) is 16.8 Å². The van der Waals surface area contributed by atoms with Gasteiger partial charge in [0.2, 0.25) is 5.82 Å². The topological polar surface area (TPSA) is 53.1 Å². The normalized spacial score (nSPS) is 20.1. The first kappa shape index (κ1) is 18.4. The van der Waals surface area contributed by atoms with E-state index in [0.29, 0.717) is 12.0 Å². The summed E-state index contributed by atoms with van der Waals surface area (Å²) < 4.78 is 53.6. The molecule has 0 spiro atoms. The molecule has 1 atom stereocenters. The third-order valence-electron chi connectivity index (χ3n) is 4.85. The van der Waals surface area contributed by atoms with Crippen LogP contribution in [-0.2, 0) is 12.6 Å². The van der Waals surface area contributed by atoms with Crippen molar-refractivity contribution in [3.63, 3.8) is 0 Å². The summed E-state index contributed by atoms with van der Waals surface area (Å²) in [6, 6.07) is 4.58. The van der Waals surface area contributed by atoms with E-state index < -0.39 is 17.8 Å². The highest BCUT2D eigenvalue weighted by atomic mass is 35.5. The van der Waals surface area contributed by atoms with Crippen molar-refractivity contribution < 1.29 is 17.6 Å². The van der Waals surface area contributed by atoms with E-state index in [1.807, 2.05) is 6.07 Å². The summed E-state index contributed by atoms with van der Waals surface area (Å²) in [6.45, 7) is 3.31. The minimum Gasteiger partial charge on any atom is -0.338 e. The van der Waals surface area contributed by atoms with Crippen molar-refractivity contribution in [1.82, 2.24) is 20.2 Å². The quantitative estimate of drug-likeness (QED) is 0.595. The van der Waals surface area contributed by atoms with Gasteiger partial charge in [-0.2, -0.15) is 13.2 Å². The van der Waals surface area contributed by atoms with Gasteiger partial charge >= 0.3 is 6.18 Å². The Morgan fingerprint density at radius 2 is 2.04 bits per heavy atom. The highest BCUT2D eigenvalue weighted by Gasteiger charge is 2.36. The predicted molar refractivity (Wildman–Crippen MR) is 92.6 cm³/mol. The van der Waals surface area contributed by atoms with E-state index in [-0.39, 0.29) is 22.7 Å². The molecule has 5 nitrogen and oxygen atoms in total. The Hall–Kier alpha value is -1.97. The Morgan fingerprint density at radius 1 is 1.22 bits per heavy atom. The van der Waals surface area contributed by atoms with E-state index in [1.165, 1.54) is 6.07 Å². The van der Waals surface area contributed by atoms with Gasteiger partial charge in [-0.1, -0.05) is 17.7 Å².